The predicted molar refractivity (Wildman–Crippen MR) is 104 cm³/mol. The number of carbonyl (C=O) groups is 1. The number of nitrogens with one attached hydrogen (secondary N) is 1. The van der Waals surface area contributed by atoms with Gasteiger partial charge < -0.3 is 14.8 Å². The number of ether oxygens (including phenoxy) is 2. The molecule has 0 fully saturated rings. The van der Waals surface area contributed by atoms with Gasteiger partial charge in [-0.15, -0.1) is 0 Å². The Morgan fingerprint density at radius 2 is 1.85 bits per heavy atom. The third kappa shape index (κ3) is 4.86. The van der Waals surface area contributed by atoms with E-state index < -0.39 is 9.84 Å². The second-order valence-electron chi connectivity index (χ2n) is 6.09. The molecule has 0 spiro atoms. The van der Waals surface area contributed by atoms with Crippen molar-refractivity contribution in [1.29, 1.82) is 0 Å². The fraction of sp³-hybridized carbons (Fsp3) is 0.278. The van der Waals surface area contributed by atoms with Gasteiger partial charge in [0.15, 0.2) is 21.3 Å². The van der Waals surface area contributed by atoms with Crippen LogP contribution in [0, 0.1) is 0 Å². The van der Waals surface area contributed by atoms with Crippen molar-refractivity contribution in [3.63, 3.8) is 0 Å². The molecule has 0 aromatic heterocycles. The molecule has 2 aromatic carbocycles. The maximum atomic E-state index is 12.4. The number of anilines is 1. The molecule has 9 heteroatoms. The summed E-state index contributed by atoms with van der Waals surface area (Å²) in [5, 5.41) is 3.25. The fourth-order valence-corrected chi connectivity index (χ4v) is 3.70. The maximum Gasteiger partial charge on any atom is 0.228 e. The molecule has 2 aromatic rings. The first-order valence-electron chi connectivity index (χ1n) is 8.11. The van der Waals surface area contributed by atoms with Crippen LogP contribution in [-0.4, -0.2) is 33.8 Å². The molecule has 1 amide bonds. The molecule has 0 unspecified atom stereocenters. The van der Waals surface area contributed by atoms with E-state index in [1.54, 1.807) is 12.1 Å². The van der Waals surface area contributed by atoms with Crippen molar-refractivity contribution in [3.8, 4) is 11.5 Å². The van der Waals surface area contributed by atoms with Crippen molar-refractivity contribution in [2.24, 2.45) is 0 Å². The first kappa shape index (κ1) is 19.8. The third-order valence-corrected chi connectivity index (χ3v) is 5.59. The van der Waals surface area contributed by atoms with E-state index in [0.717, 1.165) is 12.7 Å². The van der Waals surface area contributed by atoms with Crippen LogP contribution in [0.4, 0.5) is 5.69 Å². The first-order valence-corrected chi connectivity index (χ1v) is 10.8. The van der Waals surface area contributed by atoms with Crippen molar-refractivity contribution >= 4 is 44.6 Å². The van der Waals surface area contributed by atoms with E-state index >= 15 is 0 Å². The van der Waals surface area contributed by atoms with E-state index in [0.29, 0.717) is 35.3 Å². The number of hydrogen-bond acceptors (Lipinski definition) is 5. The molecule has 0 bridgehead atoms. The van der Waals surface area contributed by atoms with Gasteiger partial charge in [0.1, 0.15) is 0 Å². The van der Waals surface area contributed by atoms with E-state index in [1.807, 2.05) is 0 Å². The Morgan fingerprint density at radius 1 is 1.11 bits per heavy atom. The summed E-state index contributed by atoms with van der Waals surface area (Å²) in [6.07, 6.45) is 1.84. The minimum absolute atomic E-state index is 0.00971. The van der Waals surface area contributed by atoms with Crippen LogP contribution in [0.5, 0.6) is 11.5 Å². The molecule has 0 aliphatic carbocycles. The summed E-state index contributed by atoms with van der Waals surface area (Å²) in [6, 6.07) is 7.50. The van der Waals surface area contributed by atoms with Gasteiger partial charge in [0.05, 0.1) is 40.3 Å². The second kappa shape index (κ2) is 7.96. The van der Waals surface area contributed by atoms with E-state index in [9.17, 15) is 13.2 Å². The molecule has 0 saturated heterocycles. The van der Waals surface area contributed by atoms with Gasteiger partial charge in [-0.05, 0) is 35.9 Å². The Kier molecular flexibility index (Phi) is 5.83. The van der Waals surface area contributed by atoms with Crippen molar-refractivity contribution in [3.05, 3.63) is 45.9 Å². The smallest absolute Gasteiger partial charge is 0.228 e. The van der Waals surface area contributed by atoms with Crippen LogP contribution in [0.2, 0.25) is 10.0 Å². The van der Waals surface area contributed by atoms with Crippen LogP contribution in [0.25, 0.3) is 0 Å². The van der Waals surface area contributed by atoms with Crippen molar-refractivity contribution in [2.45, 2.75) is 17.7 Å². The number of carbonyl (C=O) groups excluding carboxylic acids is 1. The summed E-state index contributed by atoms with van der Waals surface area (Å²) in [5.74, 6) is 0.607. The van der Waals surface area contributed by atoms with Crippen LogP contribution in [-0.2, 0) is 21.1 Å². The van der Waals surface area contributed by atoms with Crippen molar-refractivity contribution in [1.82, 2.24) is 0 Å². The highest BCUT2D eigenvalue weighted by atomic mass is 35.5. The molecule has 6 nitrogen and oxygen atoms in total. The fourth-order valence-electron chi connectivity index (χ4n) is 2.60. The molecule has 27 heavy (non-hydrogen) atoms. The topological polar surface area (TPSA) is 81.7 Å². The number of halogens is 2. The number of benzene rings is 2. The predicted octanol–water partition coefficient (Wildman–Crippen LogP) is 3.74. The Balaban J connectivity index is 1.79. The van der Waals surface area contributed by atoms with E-state index in [2.05, 4.69) is 5.32 Å². The Labute approximate surface area is 167 Å². The summed E-state index contributed by atoms with van der Waals surface area (Å²) >= 11 is 12.3. The average molecular weight is 430 g/mol. The lowest BCUT2D eigenvalue weighted by atomic mass is 10.1. The Bertz CT molecular complexity index is 991. The molecule has 1 N–H and O–H groups in total. The Morgan fingerprint density at radius 3 is 2.59 bits per heavy atom. The summed E-state index contributed by atoms with van der Waals surface area (Å²) in [7, 11) is -3.41. The van der Waals surface area contributed by atoms with Gasteiger partial charge in [0.2, 0.25) is 5.91 Å². The molecule has 1 heterocycles. The number of sulfone groups is 1. The highest BCUT2D eigenvalue weighted by molar-refractivity contribution is 7.90. The minimum atomic E-state index is -3.41. The summed E-state index contributed by atoms with van der Waals surface area (Å²) in [4.78, 5) is 12.5. The lowest BCUT2D eigenvalue weighted by molar-refractivity contribution is -0.115. The summed E-state index contributed by atoms with van der Waals surface area (Å²) in [5.41, 5.74) is 0.863. The molecule has 3 rings (SSSR count). The SMILES string of the molecule is CS(=O)(=O)c1ccc(Cl)c(NC(=O)Cc2cc(Cl)c3c(c2)OCCCO3)c1. The Hall–Kier alpha value is -1.96. The molecular formula is C18H17Cl2NO5S. The number of rotatable bonds is 4. The van der Waals surface area contributed by atoms with Gasteiger partial charge >= 0.3 is 0 Å². The molecule has 1 aliphatic rings. The van der Waals surface area contributed by atoms with Crippen LogP contribution in [0.3, 0.4) is 0 Å². The van der Waals surface area contributed by atoms with E-state index in [-0.39, 0.29) is 27.9 Å². The van der Waals surface area contributed by atoms with Crippen molar-refractivity contribution in [2.75, 3.05) is 24.8 Å². The summed E-state index contributed by atoms with van der Waals surface area (Å²) < 4.78 is 34.5. The van der Waals surface area contributed by atoms with Crippen LogP contribution in [0.1, 0.15) is 12.0 Å². The average Bonchev–Trinajstić information content (AvgIpc) is 2.81. The van der Waals surface area contributed by atoms with Crippen molar-refractivity contribution < 1.29 is 22.7 Å². The quantitative estimate of drug-likeness (QED) is 0.800. The number of fused-ring (bicyclic) bond motifs is 1. The lowest BCUT2D eigenvalue weighted by Crippen LogP contribution is -2.15. The zero-order valence-electron chi connectivity index (χ0n) is 14.4. The maximum absolute atomic E-state index is 12.4. The van der Waals surface area contributed by atoms with E-state index in [4.69, 9.17) is 32.7 Å². The van der Waals surface area contributed by atoms with Gasteiger partial charge in [-0.2, -0.15) is 0 Å². The molecule has 0 saturated carbocycles. The molecule has 144 valence electrons. The third-order valence-electron chi connectivity index (χ3n) is 3.87. The monoisotopic (exact) mass is 429 g/mol. The highest BCUT2D eigenvalue weighted by Gasteiger charge is 2.18. The molecular weight excluding hydrogens is 413 g/mol. The molecule has 0 atom stereocenters. The minimum Gasteiger partial charge on any atom is -0.489 e. The zero-order valence-corrected chi connectivity index (χ0v) is 16.7. The molecule has 1 aliphatic heterocycles. The van der Waals surface area contributed by atoms with Gasteiger partial charge in [-0.1, -0.05) is 23.2 Å². The highest BCUT2D eigenvalue weighted by Crippen LogP contribution is 2.38. The van der Waals surface area contributed by atoms with E-state index in [1.165, 1.54) is 18.2 Å². The van der Waals surface area contributed by atoms with Gasteiger partial charge in [-0.25, -0.2) is 8.42 Å². The van der Waals surface area contributed by atoms with Crippen LogP contribution < -0.4 is 14.8 Å². The second-order valence-corrected chi connectivity index (χ2v) is 8.92. The van der Waals surface area contributed by atoms with Crippen LogP contribution in [0.15, 0.2) is 35.2 Å². The lowest BCUT2D eigenvalue weighted by Gasteiger charge is -2.12. The van der Waals surface area contributed by atoms with Gasteiger partial charge in [-0.3, -0.25) is 4.79 Å². The number of hydrogen-bond donors (Lipinski definition) is 1. The van der Waals surface area contributed by atoms with Crippen LogP contribution >= 0.6 is 23.2 Å². The summed E-state index contributed by atoms with van der Waals surface area (Å²) in [6.45, 7) is 1.02. The first-order chi connectivity index (χ1) is 12.7. The largest absolute Gasteiger partial charge is 0.489 e. The normalized spacial score (nSPS) is 13.7. The standard InChI is InChI=1S/C18H17Cl2NO5S/c1-27(23,24)12-3-4-13(19)15(10-12)21-17(22)9-11-7-14(20)18-16(8-11)25-5-2-6-26-18/h3-4,7-8,10H,2,5-6,9H2,1H3,(H,21,22). The zero-order chi connectivity index (χ0) is 19.6. The molecule has 0 radical (unpaired) electrons. The van der Waals surface area contributed by atoms with Gasteiger partial charge in [0, 0.05) is 12.7 Å². The van der Waals surface area contributed by atoms with Gasteiger partial charge in [0.25, 0.3) is 0 Å². The number of amides is 1.